The fraction of sp³-hybridized carbons (Fsp3) is 0.323. The number of carboxylic acids is 1. The molecule has 2 heterocycles. The van der Waals surface area contributed by atoms with Gasteiger partial charge in [0.2, 0.25) is 0 Å². The van der Waals surface area contributed by atoms with Crippen molar-refractivity contribution in [3.63, 3.8) is 0 Å². The Kier molecular flexibility index (Phi) is 8.37. The summed E-state index contributed by atoms with van der Waals surface area (Å²) in [6.07, 6.45) is -3.40. The third-order valence-electron chi connectivity index (χ3n) is 7.69. The summed E-state index contributed by atoms with van der Waals surface area (Å²) in [7, 11) is 0. The maximum Gasteiger partial charge on any atom is 0.406 e. The molecule has 1 N–H and O–H groups in total. The van der Waals surface area contributed by atoms with Gasteiger partial charge in [0.25, 0.3) is 0 Å². The molecule has 0 saturated carbocycles. The average Bonchev–Trinajstić information content (AvgIpc) is 2.96. The zero-order chi connectivity index (χ0) is 29.9. The van der Waals surface area contributed by atoms with Crippen molar-refractivity contribution in [2.75, 3.05) is 18.0 Å². The van der Waals surface area contributed by atoms with E-state index in [0.717, 1.165) is 4.90 Å². The first kappa shape index (κ1) is 29.0. The Morgan fingerprint density at radius 1 is 0.810 bits per heavy atom. The van der Waals surface area contributed by atoms with E-state index in [4.69, 9.17) is 0 Å². The van der Waals surface area contributed by atoms with Crippen LogP contribution in [0.5, 0.6) is 0 Å². The first-order valence-electron chi connectivity index (χ1n) is 13.8. The highest BCUT2D eigenvalue weighted by Crippen LogP contribution is 2.37. The summed E-state index contributed by atoms with van der Waals surface area (Å²) >= 11 is 0. The zero-order valence-corrected chi connectivity index (χ0v) is 22.7. The molecule has 5 rings (SSSR count). The highest BCUT2D eigenvalue weighted by atomic mass is 19.4. The van der Waals surface area contributed by atoms with Crippen molar-refractivity contribution < 1.29 is 32.7 Å². The van der Waals surface area contributed by atoms with Crippen LogP contribution in [0.3, 0.4) is 0 Å². The minimum absolute atomic E-state index is 0.126. The van der Waals surface area contributed by atoms with E-state index < -0.39 is 48.9 Å². The predicted molar refractivity (Wildman–Crippen MR) is 150 cm³/mol. The van der Waals surface area contributed by atoms with E-state index in [1.54, 1.807) is 91.0 Å². The van der Waals surface area contributed by atoms with E-state index in [2.05, 4.69) is 0 Å². The van der Waals surface area contributed by atoms with Crippen LogP contribution in [-0.2, 0) is 11.3 Å². The fourth-order valence-corrected chi connectivity index (χ4v) is 5.97. The van der Waals surface area contributed by atoms with Crippen molar-refractivity contribution in [2.24, 2.45) is 0 Å². The van der Waals surface area contributed by atoms with Crippen LogP contribution < -0.4 is 4.90 Å². The molecule has 4 amide bonds. The molecule has 3 aromatic carbocycles. The number of amides is 4. The minimum atomic E-state index is -4.66. The number of likely N-dealkylation sites (tertiary alicyclic amines) is 1. The summed E-state index contributed by atoms with van der Waals surface area (Å²) in [5.41, 5.74) is 1.58. The number of halogens is 3. The zero-order valence-electron chi connectivity index (χ0n) is 22.7. The molecule has 220 valence electrons. The van der Waals surface area contributed by atoms with Crippen molar-refractivity contribution in [1.82, 2.24) is 14.7 Å². The molecule has 0 aliphatic carbocycles. The molecule has 2 aliphatic heterocycles. The van der Waals surface area contributed by atoms with Crippen LogP contribution in [0, 0.1) is 0 Å². The second kappa shape index (κ2) is 12.1. The average molecular weight is 581 g/mol. The first-order valence-corrected chi connectivity index (χ1v) is 13.8. The minimum Gasteiger partial charge on any atom is -0.480 e. The van der Waals surface area contributed by atoms with Gasteiger partial charge >= 0.3 is 24.2 Å². The number of para-hydroxylation sites is 2. The lowest BCUT2D eigenvalue weighted by Crippen LogP contribution is -2.72. The van der Waals surface area contributed by atoms with Crippen LogP contribution >= 0.6 is 0 Å². The van der Waals surface area contributed by atoms with Crippen molar-refractivity contribution >= 4 is 29.4 Å². The van der Waals surface area contributed by atoms with Crippen LogP contribution in [0.4, 0.5) is 34.1 Å². The van der Waals surface area contributed by atoms with Gasteiger partial charge in [-0.2, -0.15) is 13.2 Å². The quantitative estimate of drug-likeness (QED) is 0.381. The Morgan fingerprint density at radius 2 is 1.36 bits per heavy atom. The summed E-state index contributed by atoms with van der Waals surface area (Å²) in [6, 6.07) is 21.4. The van der Waals surface area contributed by atoms with Gasteiger partial charge in [-0.1, -0.05) is 66.7 Å². The third kappa shape index (κ3) is 6.19. The van der Waals surface area contributed by atoms with Crippen LogP contribution in [0.15, 0.2) is 91.0 Å². The monoisotopic (exact) mass is 580 g/mol. The van der Waals surface area contributed by atoms with Gasteiger partial charge in [0, 0.05) is 13.1 Å². The van der Waals surface area contributed by atoms with Gasteiger partial charge in [0.05, 0.1) is 23.5 Å². The number of piperidine rings is 1. The molecule has 8 nitrogen and oxygen atoms in total. The lowest BCUT2D eigenvalue weighted by molar-refractivity contribution is -0.152. The number of aliphatic carboxylic acids is 1. The molecule has 2 aliphatic rings. The number of nitrogens with zero attached hydrogens (tertiary/aromatic N) is 4. The van der Waals surface area contributed by atoms with E-state index in [9.17, 15) is 32.7 Å². The van der Waals surface area contributed by atoms with Crippen LogP contribution in [0.2, 0.25) is 0 Å². The predicted octanol–water partition coefficient (Wildman–Crippen LogP) is 6.12. The normalized spacial score (nSPS) is 20.1. The summed E-state index contributed by atoms with van der Waals surface area (Å²) in [5.74, 6) is -1.32. The number of urea groups is 2. The number of fused-ring (bicyclic) bond motifs is 2. The largest absolute Gasteiger partial charge is 0.480 e. The van der Waals surface area contributed by atoms with Gasteiger partial charge in [-0.05, 0) is 49.1 Å². The number of rotatable bonds is 6. The van der Waals surface area contributed by atoms with Crippen molar-refractivity contribution in [2.45, 2.75) is 50.1 Å². The Balaban J connectivity index is 1.49. The van der Waals surface area contributed by atoms with Crippen molar-refractivity contribution in [3.05, 3.63) is 96.6 Å². The molecule has 11 heteroatoms. The highest BCUT2D eigenvalue weighted by molar-refractivity contribution is 6.01. The number of hydrogen-bond acceptors (Lipinski definition) is 3. The third-order valence-corrected chi connectivity index (χ3v) is 7.69. The topological polar surface area (TPSA) is 84.4 Å². The molecular weight excluding hydrogens is 549 g/mol. The summed E-state index contributed by atoms with van der Waals surface area (Å²) in [6.45, 7) is -1.89. The van der Waals surface area contributed by atoms with Crippen molar-refractivity contribution in [1.29, 1.82) is 0 Å². The smallest absolute Gasteiger partial charge is 0.406 e. The molecule has 2 fully saturated rings. The number of anilines is 2. The molecule has 2 bridgehead atoms. The number of carbonyl (C=O) groups excluding carboxylic acids is 2. The van der Waals surface area contributed by atoms with Gasteiger partial charge in [0.1, 0.15) is 6.54 Å². The molecule has 0 radical (unpaired) electrons. The second-order valence-corrected chi connectivity index (χ2v) is 10.5. The maximum atomic E-state index is 14.2. The molecule has 0 aromatic heterocycles. The standard InChI is InChI=1S/C31H31F3N4O4/c32-31(33,34)21-35(19-22-11-4-1-5-12-22)29(41)38-25-17-10-18-26(38)27(28(39)40)36(20-25)30(42)37(23-13-6-2-7-14-23)24-15-8-3-9-16-24/h1-9,11-16,25-27H,10,17-21H2,(H,39,40)/t25-,26+,27-/m0/s1. The van der Waals surface area contributed by atoms with Crippen molar-refractivity contribution in [3.8, 4) is 0 Å². The molecule has 2 saturated heterocycles. The van der Waals surface area contributed by atoms with Gasteiger partial charge in [-0.15, -0.1) is 0 Å². The Hall–Kier alpha value is -4.54. The van der Waals surface area contributed by atoms with Gasteiger partial charge < -0.3 is 19.8 Å². The Morgan fingerprint density at radius 3 is 1.88 bits per heavy atom. The Labute approximate surface area is 241 Å². The molecule has 42 heavy (non-hydrogen) atoms. The molecule has 3 aromatic rings. The number of carboxylic acid groups (broad SMARTS) is 1. The second-order valence-electron chi connectivity index (χ2n) is 10.5. The molecule has 0 unspecified atom stereocenters. The lowest BCUT2D eigenvalue weighted by atomic mass is 9.86. The van der Waals surface area contributed by atoms with E-state index in [1.165, 1.54) is 14.7 Å². The first-order chi connectivity index (χ1) is 20.1. The van der Waals surface area contributed by atoms with E-state index in [0.29, 0.717) is 29.8 Å². The van der Waals surface area contributed by atoms with E-state index in [-0.39, 0.29) is 19.5 Å². The maximum absolute atomic E-state index is 14.2. The fourth-order valence-electron chi connectivity index (χ4n) is 5.97. The van der Waals surface area contributed by atoms with Gasteiger partial charge in [-0.3, -0.25) is 4.90 Å². The van der Waals surface area contributed by atoms with Gasteiger partial charge in [-0.25, -0.2) is 14.4 Å². The van der Waals surface area contributed by atoms with Crippen LogP contribution in [0.1, 0.15) is 24.8 Å². The number of benzene rings is 3. The van der Waals surface area contributed by atoms with Crippen LogP contribution in [-0.4, -0.2) is 75.2 Å². The van der Waals surface area contributed by atoms with Crippen LogP contribution in [0.25, 0.3) is 0 Å². The number of piperazine rings is 1. The van der Waals surface area contributed by atoms with E-state index >= 15 is 0 Å². The van der Waals surface area contributed by atoms with E-state index in [1.807, 2.05) is 0 Å². The summed E-state index contributed by atoms with van der Waals surface area (Å²) < 4.78 is 40.9. The highest BCUT2D eigenvalue weighted by Gasteiger charge is 2.53. The SMILES string of the molecule is O=C(O)[C@@H]1[C@H]2CCC[C@@H](CN1C(=O)N(c1ccccc1)c1ccccc1)N2C(=O)N(Cc1ccccc1)CC(F)(F)F. The molecular formula is C31H31F3N4O4. The van der Waals surface area contributed by atoms with Gasteiger partial charge in [0.15, 0.2) is 6.04 Å². The number of carbonyl (C=O) groups is 3. The lowest BCUT2D eigenvalue weighted by Gasteiger charge is -2.54. The molecule has 0 spiro atoms. The summed E-state index contributed by atoms with van der Waals surface area (Å²) in [5, 5.41) is 10.4. The summed E-state index contributed by atoms with van der Waals surface area (Å²) in [4.78, 5) is 45.5. The number of alkyl halides is 3. The molecule has 3 atom stereocenters. The Bertz CT molecular complexity index is 1350. The number of hydrogen-bond donors (Lipinski definition) is 1.